The quantitative estimate of drug-likeness (QED) is 0.798. The summed E-state index contributed by atoms with van der Waals surface area (Å²) in [6.45, 7) is 4.26. The van der Waals surface area contributed by atoms with Gasteiger partial charge in [0.2, 0.25) is 5.95 Å². The summed E-state index contributed by atoms with van der Waals surface area (Å²) in [6.07, 6.45) is 5.26. The molecule has 0 radical (unpaired) electrons. The Balaban J connectivity index is 2.29. The van der Waals surface area contributed by atoms with Gasteiger partial charge in [0, 0.05) is 24.6 Å². The molecule has 1 heterocycles. The molecule has 82 valence electrons. The fraction of sp³-hybridized carbons (Fsp3) is 0.0833. The first kappa shape index (κ1) is 10.4. The zero-order valence-corrected chi connectivity index (χ0v) is 8.73. The Morgan fingerprint density at radius 1 is 1.38 bits per heavy atom. The lowest BCUT2D eigenvalue weighted by Gasteiger charge is -2.08. The van der Waals surface area contributed by atoms with Crippen LogP contribution in [-0.4, -0.2) is 16.1 Å². The maximum atomic E-state index is 12.8. The number of aromatic nitrogens is 2. The zero-order valence-electron chi connectivity index (χ0n) is 8.73. The topological polar surface area (TPSA) is 29.9 Å². The smallest absolute Gasteiger partial charge is 0.207 e. The van der Waals surface area contributed by atoms with Gasteiger partial charge < -0.3 is 5.32 Å². The number of benzene rings is 1. The van der Waals surface area contributed by atoms with Gasteiger partial charge in [-0.15, -0.1) is 6.58 Å². The summed E-state index contributed by atoms with van der Waals surface area (Å²) >= 11 is 0. The highest BCUT2D eigenvalue weighted by atomic mass is 19.1. The van der Waals surface area contributed by atoms with Crippen molar-refractivity contribution in [2.45, 2.75) is 0 Å². The summed E-state index contributed by atoms with van der Waals surface area (Å²) in [5.74, 6) is 0.468. The molecule has 0 spiro atoms. The van der Waals surface area contributed by atoms with Crippen molar-refractivity contribution in [2.24, 2.45) is 0 Å². The first-order valence-electron chi connectivity index (χ1n) is 4.95. The normalized spacial score (nSPS) is 10.1. The number of anilines is 1. The first-order valence-corrected chi connectivity index (χ1v) is 4.95. The zero-order chi connectivity index (χ0) is 11.4. The summed E-state index contributed by atoms with van der Waals surface area (Å²) in [5, 5.41) is 3.10. The minimum absolute atomic E-state index is 0.246. The van der Waals surface area contributed by atoms with Crippen molar-refractivity contribution in [2.75, 3.05) is 11.9 Å². The van der Waals surface area contributed by atoms with E-state index in [2.05, 4.69) is 16.9 Å². The third kappa shape index (κ3) is 2.11. The molecule has 1 N–H and O–H groups in total. The average Bonchev–Trinajstić information content (AvgIpc) is 2.75. The molecule has 0 saturated carbocycles. The van der Waals surface area contributed by atoms with Gasteiger partial charge in [0.25, 0.3) is 0 Å². The highest BCUT2D eigenvalue weighted by molar-refractivity contribution is 5.41. The molecule has 0 saturated heterocycles. The van der Waals surface area contributed by atoms with Gasteiger partial charge in [-0.1, -0.05) is 6.08 Å². The largest absolute Gasteiger partial charge is 0.352 e. The highest BCUT2D eigenvalue weighted by Gasteiger charge is 2.03. The summed E-state index contributed by atoms with van der Waals surface area (Å²) in [6, 6.07) is 6.26. The molecular formula is C12H12FN3. The number of rotatable bonds is 4. The monoisotopic (exact) mass is 217 g/mol. The maximum absolute atomic E-state index is 12.8. The summed E-state index contributed by atoms with van der Waals surface area (Å²) in [5.41, 5.74) is 0.866. The lowest BCUT2D eigenvalue weighted by molar-refractivity contribution is 0.627. The van der Waals surface area contributed by atoms with Crippen LogP contribution in [0.5, 0.6) is 0 Å². The molecule has 0 amide bonds. The SMILES string of the molecule is C=CCNc1nccn1-c1ccc(F)cc1. The van der Waals surface area contributed by atoms with Crippen molar-refractivity contribution in [3.05, 3.63) is 55.1 Å². The fourth-order valence-corrected chi connectivity index (χ4v) is 1.41. The van der Waals surface area contributed by atoms with Gasteiger partial charge in [-0.3, -0.25) is 4.57 Å². The molecule has 0 bridgehead atoms. The van der Waals surface area contributed by atoms with Crippen LogP contribution in [0.15, 0.2) is 49.3 Å². The highest BCUT2D eigenvalue weighted by Crippen LogP contribution is 2.14. The van der Waals surface area contributed by atoms with Crippen LogP contribution in [0, 0.1) is 5.82 Å². The van der Waals surface area contributed by atoms with Gasteiger partial charge >= 0.3 is 0 Å². The van der Waals surface area contributed by atoms with Gasteiger partial charge in [0.05, 0.1) is 0 Å². The molecule has 0 aliphatic rings. The Bertz CT molecular complexity index is 473. The van der Waals surface area contributed by atoms with Crippen LogP contribution in [0.4, 0.5) is 10.3 Å². The van der Waals surface area contributed by atoms with Crippen molar-refractivity contribution in [1.29, 1.82) is 0 Å². The van der Waals surface area contributed by atoms with Crippen molar-refractivity contribution in [1.82, 2.24) is 9.55 Å². The fourth-order valence-electron chi connectivity index (χ4n) is 1.41. The van der Waals surface area contributed by atoms with E-state index >= 15 is 0 Å². The number of halogens is 1. The third-order valence-electron chi connectivity index (χ3n) is 2.15. The van der Waals surface area contributed by atoms with Gasteiger partial charge in [-0.2, -0.15) is 0 Å². The molecule has 0 atom stereocenters. The van der Waals surface area contributed by atoms with E-state index in [-0.39, 0.29) is 5.82 Å². The van der Waals surface area contributed by atoms with E-state index in [1.54, 1.807) is 24.4 Å². The van der Waals surface area contributed by atoms with E-state index in [0.29, 0.717) is 12.5 Å². The molecule has 3 nitrogen and oxygen atoms in total. The van der Waals surface area contributed by atoms with Crippen LogP contribution in [0.25, 0.3) is 5.69 Å². The molecule has 1 aromatic heterocycles. The number of imidazole rings is 1. The standard InChI is InChI=1S/C12H12FN3/c1-2-7-14-12-15-8-9-16(12)11-5-3-10(13)4-6-11/h2-6,8-9H,1,7H2,(H,14,15). The third-order valence-corrected chi connectivity index (χ3v) is 2.15. The number of hydrogen-bond acceptors (Lipinski definition) is 2. The summed E-state index contributed by atoms with van der Waals surface area (Å²) in [4.78, 5) is 4.16. The molecule has 0 aliphatic heterocycles. The first-order chi connectivity index (χ1) is 7.81. The van der Waals surface area contributed by atoms with E-state index in [1.165, 1.54) is 12.1 Å². The van der Waals surface area contributed by atoms with Gasteiger partial charge in [0.1, 0.15) is 5.82 Å². The van der Waals surface area contributed by atoms with Crippen LogP contribution < -0.4 is 5.32 Å². The van der Waals surface area contributed by atoms with Gasteiger partial charge in [0.15, 0.2) is 0 Å². The number of nitrogens with zero attached hydrogens (tertiary/aromatic N) is 2. The lowest BCUT2D eigenvalue weighted by Crippen LogP contribution is -2.05. The van der Waals surface area contributed by atoms with Crippen LogP contribution in [0.2, 0.25) is 0 Å². The summed E-state index contributed by atoms with van der Waals surface area (Å²) < 4.78 is 14.6. The van der Waals surface area contributed by atoms with E-state index in [4.69, 9.17) is 0 Å². The Labute approximate surface area is 93.2 Å². The molecule has 1 aromatic carbocycles. The molecule has 0 aliphatic carbocycles. The van der Waals surface area contributed by atoms with Crippen molar-refractivity contribution >= 4 is 5.95 Å². The predicted molar refractivity (Wildman–Crippen MR) is 62.2 cm³/mol. The van der Waals surface area contributed by atoms with E-state index in [1.807, 2.05) is 10.8 Å². The Morgan fingerprint density at radius 2 is 2.12 bits per heavy atom. The molecule has 2 rings (SSSR count). The maximum Gasteiger partial charge on any atom is 0.207 e. The molecule has 16 heavy (non-hydrogen) atoms. The molecular weight excluding hydrogens is 205 g/mol. The van der Waals surface area contributed by atoms with Gasteiger partial charge in [-0.25, -0.2) is 9.37 Å². The number of nitrogens with one attached hydrogen (secondary N) is 1. The Kier molecular flexibility index (Phi) is 3.00. The van der Waals surface area contributed by atoms with E-state index in [0.717, 1.165) is 5.69 Å². The van der Waals surface area contributed by atoms with Crippen LogP contribution in [-0.2, 0) is 0 Å². The average molecular weight is 217 g/mol. The number of hydrogen-bond donors (Lipinski definition) is 1. The van der Waals surface area contributed by atoms with E-state index < -0.39 is 0 Å². The van der Waals surface area contributed by atoms with Crippen LogP contribution in [0.3, 0.4) is 0 Å². The molecule has 0 fully saturated rings. The minimum Gasteiger partial charge on any atom is -0.352 e. The molecule has 4 heteroatoms. The second kappa shape index (κ2) is 4.61. The lowest BCUT2D eigenvalue weighted by atomic mass is 10.3. The minimum atomic E-state index is -0.246. The van der Waals surface area contributed by atoms with Crippen LogP contribution >= 0.6 is 0 Å². The second-order valence-electron chi connectivity index (χ2n) is 3.27. The molecule has 2 aromatic rings. The van der Waals surface area contributed by atoms with Gasteiger partial charge in [-0.05, 0) is 24.3 Å². The second-order valence-corrected chi connectivity index (χ2v) is 3.27. The van der Waals surface area contributed by atoms with Crippen molar-refractivity contribution in [3.8, 4) is 5.69 Å². The Morgan fingerprint density at radius 3 is 2.81 bits per heavy atom. The molecule has 0 unspecified atom stereocenters. The van der Waals surface area contributed by atoms with Crippen LogP contribution in [0.1, 0.15) is 0 Å². The summed E-state index contributed by atoms with van der Waals surface area (Å²) in [7, 11) is 0. The van der Waals surface area contributed by atoms with Crippen molar-refractivity contribution < 1.29 is 4.39 Å². The van der Waals surface area contributed by atoms with E-state index in [9.17, 15) is 4.39 Å². The predicted octanol–water partition coefficient (Wildman–Crippen LogP) is 2.61. The van der Waals surface area contributed by atoms with Crippen molar-refractivity contribution in [3.63, 3.8) is 0 Å². The Hall–Kier alpha value is -2.10.